The smallest absolute Gasteiger partial charge is 0.269 e. The molecule has 0 radical (unpaired) electrons. The summed E-state index contributed by atoms with van der Waals surface area (Å²) >= 11 is 0. The normalized spacial score (nSPS) is 15.3. The number of benzene rings is 2. The van der Waals surface area contributed by atoms with Gasteiger partial charge in [-0.1, -0.05) is 30.3 Å². The fraction of sp³-hybridized carbons (Fsp3) is 0.381. The average Bonchev–Trinajstić information content (AvgIpc) is 2.73. The van der Waals surface area contributed by atoms with Crippen molar-refractivity contribution < 1.29 is 4.92 Å². The Balaban J connectivity index is 1.57. The highest BCUT2D eigenvalue weighted by atomic mass is 16.6. The van der Waals surface area contributed by atoms with E-state index in [1.807, 2.05) is 19.1 Å². The highest BCUT2D eigenvalue weighted by Crippen LogP contribution is 2.19. The predicted molar refractivity (Wildman–Crippen MR) is 113 cm³/mol. The SMILES string of the molecule is CCNC(=NCc1cccc([N+](=O)[O-])c1)NC1CCN(c2ccccc2)CC1. The quantitative estimate of drug-likeness (QED) is 0.347. The molecular formula is C21H27N5O2. The maximum atomic E-state index is 10.9. The Morgan fingerprint density at radius 1 is 1.18 bits per heavy atom. The zero-order valence-electron chi connectivity index (χ0n) is 16.2. The summed E-state index contributed by atoms with van der Waals surface area (Å²) in [5, 5.41) is 17.7. The Kier molecular flexibility index (Phi) is 6.84. The second-order valence-corrected chi connectivity index (χ2v) is 6.86. The van der Waals surface area contributed by atoms with Gasteiger partial charge in [0, 0.05) is 43.5 Å². The topological polar surface area (TPSA) is 82.8 Å². The van der Waals surface area contributed by atoms with Crippen LogP contribution in [-0.2, 0) is 6.54 Å². The van der Waals surface area contributed by atoms with Crippen LogP contribution < -0.4 is 15.5 Å². The van der Waals surface area contributed by atoms with E-state index < -0.39 is 0 Å². The summed E-state index contributed by atoms with van der Waals surface area (Å²) in [5.74, 6) is 0.757. The van der Waals surface area contributed by atoms with Crippen LogP contribution in [0.2, 0.25) is 0 Å². The van der Waals surface area contributed by atoms with Crippen LogP contribution in [-0.4, -0.2) is 36.6 Å². The van der Waals surface area contributed by atoms with Gasteiger partial charge in [-0.05, 0) is 37.5 Å². The summed E-state index contributed by atoms with van der Waals surface area (Å²) in [6.45, 7) is 5.21. The molecule has 1 aliphatic rings. The number of nitrogens with zero attached hydrogens (tertiary/aromatic N) is 3. The molecule has 0 spiro atoms. The fourth-order valence-corrected chi connectivity index (χ4v) is 3.37. The van der Waals surface area contributed by atoms with Crippen molar-refractivity contribution in [3.05, 3.63) is 70.3 Å². The summed E-state index contributed by atoms with van der Waals surface area (Å²) in [6.07, 6.45) is 2.08. The third-order valence-electron chi connectivity index (χ3n) is 4.84. The standard InChI is InChI=1S/C21H27N5O2/c1-2-22-21(23-16-17-7-6-10-20(15-17)26(27)28)24-18-11-13-25(14-12-18)19-8-4-3-5-9-19/h3-10,15,18H,2,11-14,16H2,1H3,(H2,22,23,24). The number of hydrogen-bond acceptors (Lipinski definition) is 4. The van der Waals surface area contributed by atoms with Crippen molar-refractivity contribution in [2.75, 3.05) is 24.5 Å². The Labute approximate surface area is 165 Å². The molecule has 1 saturated heterocycles. The number of piperidine rings is 1. The molecule has 7 nitrogen and oxygen atoms in total. The van der Waals surface area contributed by atoms with Crippen LogP contribution >= 0.6 is 0 Å². The number of rotatable bonds is 6. The molecule has 1 fully saturated rings. The van der Waals surface area contributed by atoms with Crippen LogP contribution in [0, 0.1) is 10.1 Å². The van der Waals surface area contributed by atoms with Crippen LogP contribution in [0.15, 0.2) is 59.6 Å². The number of anilines is 1. The minimum atomic E-state index is -0.378. The third-order valence-corrected chi connectivity index (χ3v) is 4.84. The first-order valence-corrected chi connectivity index (χ1v) is 9.74. The third kappa shape index (κ3) is 5.45. The first-order chi connectivity index (χ1) is 13.7. The number of nitro benzene ring substituents is 1. The van der Waals surface area contributed by atoms with Gasteiger partial charge in [-0.15, -0.1) is 0 Å². The molecule has 148 valence electrons. The second-order valence-electron chi connectivity index (χ2n) is 6.86. The maximum Gasteiger partial charge on any atom is 0.269 e. The monoisotopic (exact) mass is 381 g/mol. The molecule has 3 rings (SSSR count). The van der Waals surface area contributed by atoms with Gasteiger partial charge in [-0.2, -0.15) is 0 Å². The van der Waals surface area contributed by atoms with Crippen LogP contribution in [0.3, 0.4) is 0 Å². The lowest BCUT2D eigenvalue weighted by Gasteiger charge is -2.34. The summed E-state index contributed by atoms with van der Waals surface area (Å²) in [5.41, 5.74) is 2.19. The zero-order valence-corrected chi connectivity index (χ0v) is 16.2. The average molecular weight is 381 g/mol. The molecule has 28 heavy (non-hydrogen) atoms. The van der Waals surface area contributed by atoms with E-state index in [0.29, 0.717) is 12.6 Å². The van der Waals surface area contributed by atoms with Gasteiger partial charge in [0.25, 0.3) is 5.69 Å². The fourth-order valence-electron chi connectivity index (χ4n) is 3.37. The van der Waals surface area contributed by atoms with Gasteiger partial charge in [-0.3, -0.25) is 10.1 Å². The number of hydrogen-bond donors (Lipinski definition) is 2. The van der Waals surface area contributed by atoms with Crippen molar-refractivity contribution in [2.24, 2.45) is 4.99 Å². The van der Waals surface area contributed by atoms with Crippen molar-refractivity contribution >= 4 is 17.3 Å². The molecular weight excluding hydrogens is 354 g/mol. The molecule has 2 aromatic carbocycles. The first-order valence-electron chi connectivity index (χ1n) is 9.74. The van der Waals surface area contributed by atoms with Crippen LogP contribution in [0.25, 0.3) is 0 Å². The Hall–Kier alpha value is -3.09. The van der Waals surface area contributed by atoms with Crippen molar-refractivity contribution in [1.29, 1.82) is 0 Å². The summed E-state index contributed by atoms with van der Waals surface area (Å²) < 4.78 is 0. The Morgan fingerprint density at radius 3 is 2.61 bits per heavy atom. The summed E-state index contributed by atoms with van der Waals surface area (Å²) in [6, 6.07) is 17.5. The number of guanidine groups is 1. The van der Waals surface area contributed by atoms with E-state index in [1.165, 1.54) is 11.8 Å². The molecule has 2 N–H and O–H groups in total. The van der Waals surface area contributed by atoms with Crippen LogP contribution in [0.1, 0.15) is 25.3 Å². The number of aliphatic imine (C=N–C) groups is 1. The number of para-hydroxylation sites is 1. The van der Waals surface area contributed by atoms with Gasteiger partial charge in [0.1, 0.15) is 0 Å². The van der Waals surface area contributed by atoms with E-state index in [-0.39, 0.29) is 10.6 Å². The molecule has 0 unspecified atom stereocenters. The molecule has 7 heteroatoms. The molecule has 0 saturated carbocycles. The highest BCUT2D eigenvalue weighted by Gasteiger charge is 2.20. The van der Waals surface area contributed by atoms with E-state index in [0.717, 1.165) is 44.0 Å². The Morgan fingerprint density at radius 2 is 1.93 bits per heavy atom. The van der Waals surface area contributed by atoms with Crippen LogP contribution in [0.5, 0.6) is 0 Å². The number of nitrogens with one attached hydrogen (secondary N) is 2. The molecule has 0 amide bonds. The first kappa shape index (κ1) is 19.7. The van der Waals surface area contributed by atoms with Crippen molar-refractivity contribution in [3.8, 4) is 0 Å². The largest absolute Gasteiger partial charge is 0.371 e. The van der Waals surface area contributed by atoms with Gasteiger partial charge in [-0.25, -0.2) is 4.99 Å². The van der Waals surface area contributed by atoms with Gasteiger partial charge in [0.2, 0.25) is 0 Å². The number of non-ortho nitro benzene ring substituents is 1. The van der Waals surface area contributed by atoms with Crippen molar-refractivity contribution in [1.82, 2.24) is 10.6 Å². The predicted octanol–water partition coefficient (Wildman–Crippen LogP) is 3.32. The molecule has 2 aromatic rings. The second kappa shape index (κ2) is 9.73. The molecule has 0 aromatic heterocycles. The van der Waals surface area contributed by atoms with Gasteiger partial charge >= 0.3 is 0 Å². The molecule has 0 aliphatic carbocycles. The zero-order chi connectivity index (χ0) is 19.8. The van der Waals surface area contributed by atoms with Gasteiger partial charge in [0.15, 0.2) is 5.96 Å². The molecule has 0 bridgehead atoms. The highest BCUT2D eigenvalue weighted by molar-refractivity contribution is 5.80. The van der Waals surface area contributed by atoms with Gasteiger partial charge < -0.3 is 15.5 Å². The summed E-state index contributed by atoms with van der Waals surface area (Å²) in [4.78, 5) is 17.6. The van der Waals surface area contributed by atoms with Crippen LogP contribution in [0.4, 0.5) is 11.4 Å². The van der Waals surface area contributed by atoms with E-state index in [1.54, 1.807) is 12.1 Å². The lowest BCUT2D eigenvalue weighted by atomic mass is 10.0. The minimum absolute atomic E-state index is 0.0962. The van der Waals surface area contributed by atoms with Gasteiger partial charge in [0.05, 0.1) is 11.5 Å². The van der Waals surface area contributed by atoms with Crippen molar-refractivity contribution in [2.45, 2.75) is 32.4 Å². The lowest BCUT2D eigenvalue weighted by Crippen LogP contribution is -2.48. The maximum absolute atomic E-state index is 10.9. The molecule has 0 atom stereocenters. The van der Waals surface area contributed by atoms with Crippen molar-refractivity contribution in [3.63, 3.8) is 0 Å². The van der Waals surface area contributed by atoms with E-state index >= 15 is 0 Å². The minimum Gasteiger partial charge on any atom is -0.371 e. The molecule has 1 heterocycles. The number of nitro groups is 1. The summed E-state index contributed by atoms with van der Waals surface area (Å²) in [7, 11) is 0. The van der Waals surface area contributed by atoms with E-state index in [9.17, 15) is 10.1 Å². The lowest BCUT2D eigenvalue weighted by molar-refractivity contribution is -0.384. The van der Waals surface area contributed by atoms with E-state index in [2.05, 4.69) is 44.8 Å². The van der Waals surface area contributed by atoms with E-state index in [4.69, 9.17) is 0 Å². The molecule has 1 aliphatic heterocycles. The Bertz CT molecular complexity index is 801.